The van der Waals surface area contributed by atoms with Crippen LogP contribution >= 0.6 is 0 Å². The van der Waals surface area contributed by atoms with Crippen LogP contribution in [-0.2, 0) is 5.41 Å². The first-order chi connectivity index (χ1) is 24.6. The minimum absolute atomic E-state index is 0.150. The van der Waals surface area contributed by atoms with Crippen molar-refractivity contribution in [2.24, 2.45) is 0 Å². The predicted molar refractivity (Wildman–Crippen MR) is 210 cm³/mol. The lowest BCUT2D eigenvalue weighted by molar-refractivity contribution is 0.664. The Morgan fingerprint density at radius 1 is 0.480 bits per heavy atom. The minimum Gasteiger partial charge on any atom is -0.309 e. The molecule has 0 saturated heterocycles. The van der Waals surface area contributed by atoms with E-state index in [1.807, 2.05) is 0 Å². The third-order valence-electron chi connectivity index (χ3n) is 10.8. The molecule has 1 aliphatic rings. The van der Waals surface area contributed by atoms with Crippen molar-refractivity contribution in [1.29, 1.82) is 0 Å². The van der Waals surface area contributed by atoms with Gasteiger partial charge in [0, 0.05) is 33.0 Å². The topological polar surface area (TPSA) is 17.8 Å². The van der Waals surface area contributed by atoms with Crippen LogP contribution in [0.2, 0.25) is 0 Å². The molecule has 0 amide bonds. The first kappa shape index (κ1) is 28.7. The molecule has 236 valence electrons. The van der Waals surface area contributed by atoms with E-state index < -0.39 is 0 Å². The summed E-state index contributed by atoms with van der Waals surface area (Å²) >= 11 is 0. The fourth-order valence-electron chi connectivity index (χ4n) is 8.41. The van der Waals surface area contributed by atoms with Gasteiger partial charge in [0.15, 0.2) is 0 Å². The van der Waals surface area contributed by atoms with Gasteiger partial charge in [-0.2, -0.15) is 0 Å². The summed E-state index contributed by atoms with van der Waals surface area (Å²) in [5, 5.41) is 5.15. The summed E-state index contributed by atoms with van der Waals surface area (Å²) < 4.78 is 2.51. The Hall–Kier alpha value is -6.25. The lowest BCUT2D eigenvalue weighted by Crippen LogP contribution is -2.16. The number of fused-ring (bicyclic) bond motifs is 9. The van der Waals surface area contributed by atoms with Crippen molar-refractivity contribution in [2.75, 3.05) is 0 Å². The quantitative estimate of drug-likeness (QED) is 0.188. The minimum atomic E-state index is -0.150. The molecule has 10 rings (SSSR count). The Labute approximate surface area is 291 Å². The maximum Gasteiger partial charge on any atom is 0.0715 e. The molecule has 0 unspecified atom stereocenters. The highest BCUT2D eigenvalue weighted by Gasteiger charge is 2.38. The zero-order valence-corrected chi connectivity index (χ0v) is 28.1. The molecule has 7 aromatic carbocycles. The summed E-state index contributed by atoms with van der Waals surface area (Å²) in [4.78, 5) is 5.21. The largest absolute Gasteiger partial charge is 0.309 e. The van der Waals surface area contributed by atoms with Gasteiger partial charge in [0.05, 0.1) is 22.4 Å². The SMILES string of the molecule is CC1(C)c2ccccc2-c2ccc3c4c5ccccc5ccc4n(-c4ccc(-c5cc(-c6ccccc6)cc(-c6ccccc6)n5)cc4)c3c21. The Morgan fingerprint density at radius 3 is 1.88 bits per heavy atom. The van der Waals surface area contributed by atoms with Crippen LogP contribution in [0.15, 0.2) is 170 Å². The highest BCUT2D eigenvalue weighted by molar-refractivity contribution is 6.23. The summed E-state index contributed by atoms with van der Waals surface area (Å²) in [5.41, 5.74) is 15.4. The average Bonchev–Trinajstić information content (AvgIpc) is 3.64. The molecular formula is C48H34N2. The van der Waals surface area contributed by atoms with Gasteiger partial charge >= 0.3 is 0 Å². The predicted octanol–water partition coefficient (Wildman–Crippen LogP) is 12.6. The van der Waals surface area contributed by atoms with Crippen molar-refractivity contribution >= 4 is 32.6 Å². The number of hydrogen-bond donors (Lipinski definition) is 0. The molecule has 2 heteroatoms. The van der Waals surface area contributed by atoms with E-state index in [0.717, 1.165) is 33.8 Å². The van der Waals surface area contributed by atoms with Crippen molar-refractivity contribution in [3.8, 4) is 50.5 Å². The molecule has 0 atom stereocenters. The fraction of sp³-hybridized carbons (Fsp3) is 0.0625. The number of nitrogens with zero attached hydrogens (tertiary/aromatic N) is 2. The molecule has 0 spiro atoms. The zero-order valence-electron chi connectivity index (χ0n) is 28.1. The molecule has 50 heavy (non-hydrogen) atoms. The van der Waals surface area contributed by atoms with E-state index in [9.17, 15) is 0 Å². The van der Waals surface area contributed by atoms with Crippen molar-refractivity contribution in [2.45, 2.75) is 19.3 Å². The molecule has 2 heterocycles. The maximum absolute atomic E-state index is 5.21. The molecule has 9 aromatic rings. The van der Waals surface area contributed by atoms with Crippen LogP contribution in [0.1, 0.15) is 25.0 Å². The Morgan fingerprint density at radius 2 is 1.12 bits per heavy atom. The zero-order chi connectivity index (χ0) is 33.4. The van der Waals surface area contributed by atoms with E-state index in [1.54, 1.807) is 0 Å². The lowest BCUT2D eigenvalue weighted by atomic mass is 9.81. The highest BCUT2D eigenvalue weighted by Crippen LogP contribution is 2.53. The standard InChI is InChI=1S/C48H34N2/c1-48(2)41-20-12-11-19-38(41)39-26-27-40-45-37-18-10-9-15-32(37)23-28-44(45)50(47(40)46(39)48)36-24-21-34(22-25-36)43-30-35(31-13-5-3-6-14-31)29-42(49-43)33-16-7-4-8-17-33/h3-30H,1-2H3. The van der Waals surface area contributed by atoms with Gasteiger partial charge in [0.2, 0.25) is 0 Å². The first-order valence-electron chi connectivity index (χ1n) is 17.4. The van der Waals surface area contributed by atoms with Crippen molar-refractivity contribution in [1.82, 2.24) is 9.55 Å². The van der Waals surface area contributed by atoms with Gasteiger partial charge in [-0.1, -0.05) is 153 Å². The second-order valence-electron chi connectivity index (χ2n) is 14.0. The van der Waals surface area contributed by atoms with E-state index >= 15 is 0 Å². The molecule has 0 aliphatic heterocycles. The molecule has 2 aromatic heterocycles. The molecule has 0 bridgehead atoms. The van der Waals surface area contributed by atoms with E-state index in [1.165, 1.54) is 60.4 Å². The Kier molecular flexibility index (Phi) is 6.25. The molecule has 0 N–H and O–H groups in total. The molecule has 0 saturated carbocycles. The van der Waals surface area contributed by atoms with Crippen LogP contribution in [0.25, 0.3) is 83.0 Å². The molecule has 0 fully saturated rings. The van der Waals surface area contributed by atoms with Crippen LogP contribution in [0, 0.1) is 0 Å². The number of pyridine rings is 1. The van der Waals surface area contributed by atoms with E-state index in [4.69, 9.17) is 4.98 Å². The maximum atomic E-state index is 5.21. The second-order valence-corrected chi connectivity index (χ2v) is 14.0. The number of aromatic nitrogens is 2. The average molecular weight is 639 g/mol. The molecular weight excluding hydrogens is 605 g/mol. The van der Waals surface area contributed by atoms with Crippen molar-refractivity contribution in [3.05, 3.63) is 181 Å². The first-order valence-corrected chi connectivity index (χ1v) is 17.4. The second kappa shape index (κ2) is 10.9. The normalized spacial score (nSPS) is 13.2. The van der Waals surface area contributed by atoms with Gasteiger partial charge in [-0.15, -0.1) is 0 Å². The molecule has 2 nitrogen and oxygen atoms in total. The van der Waals surface area contributed by atoms with Gasteiger partial charge in [-0.3, -0.25) is 0 Å². The van der Waals surface area contributed by atoms with Crippen LogP contribution in [0.4, 0.5) is 0 Å². The van der Waals surface area contributed by atoms with Gasteiger partial charge in [0.1, 0.15) is 0 Å². The van der Waals surface area contributed by atoms with Gasteiger partial charge in [-0.05, 0) is 74.5 Å². The summed E-state index contributed by atoms with van der Waals surface area (Å²) in [6.45, 7) is 4.77. The van der Waals surface area contributed by atoms with E-state index in [-0.39, 0.29) is 5.41 Å². The Balaban J connectivity index is 1.20. The van der Waals surface area contributed by atoms with E-state index in [0.29, 0.717) is 0 Å². The van der Waals surface area contributed by atoms with Crippen molar-refractivity contribution in [3.63, 3.8) is 0 Å². The Bertz CT molecular complexity index is 2690. The van der Waals surface area contributed by atoms with Crippen LogP contribution in [0.5, 0.6) is 0 Å². The third-order valence-corrected chi connectivity index (χ3v) is 10.8. The summed E-state index contributed by atoms with van der Waals surface area (Å²) in [5.74, 6) is 0. The van der Waals surface area contributed by atoms with Crippen LogP contribution in [0.3, 0.4) is 0 Å². The summed E-state index contributed by atoms with van der Waals surface area (Å²) in [6, 6.07) is 61.5. The summed E-state index contributed by atoms with van der Waals surface area (Å²) in [7, 11) is 0. The van der Waals surface area contributed by atoms with Gasteiger partial charge < -0.3 is 4.57 Å². The number of rotatable bonds is 4. The lowest BCUT2D eigenvalue weighted by Gasteiger charge is -2.23. The summed E-state index contributed by atoms with van der Waals surface area (Å²) in [6.07, 6.45) is 0. The molecule has 0 radical (unpaired) electrons. The van der Waals surface area contributed by atoms with Gasteiger partial charge in [-0.25, -0.2) is 4.98 Å². The molecule has 1 aliphatic carbocycles. The fourth-order valence-corrected chi connectivity index (χ4v) is 8.41. The smallest absolute Gasteiger partial charge is 0.0715 e. The van der Waals surface area contributed by atoms with E-state index in [2.05, 4.69) is 188 Å². The van der Waals surface area contributed by atoms with Crippen LogP contribution < -0.4 is 0 Å². The monoisotopic (exact) mass is 638 g/mol. The number of benzene rings is 7. The number of hydrogen-bond acceptors (Lipinski definition) is 1. The van der Waals surface area contributed by atoms with Crippen molar-refractivity contribution < 1.29 is 0 Å². The van der Waals surface area contributed by atoms with Crippen LogP contribution in [-0.4, -0.2) is 9.55 Å². The third kappa shape index (κ3) is 4.25. The van der Waals surface area contributed by atoms with Gasteiger partial charge in [0.25, 0.3) is 0 Å². The highest BCUT2D eigenvalue weighted by atomic mass is 15.0.